The molecule has 6 nitrogen and oxygen atoms in total. The number of rotatable bonds is 4. The summed E-state index contributed by atoms with van der Waals surface area (Å²) in [7, 11) is 0. The second-order valence-electron chi connectivity index (χ2n) is 6.78. The molecule has 2 aliphatic rings. The van der Waals surface area contributed by atoms with Gasteiger partial charge >= 0.3 is 0 Å². The maximum Gasteiger partial charge on any atom is 0.259 e. The third-order valence-corrected chi connectivity index (χ3v) is 5.09. The third kappa shape index (κ3) is 3.37. The molecule has 6 heteroatoms. The lowest BCUT2D eigenvalue weighted by atomic mass is 9.97. The average Bonchev–Trinajstić information content (AvgIpc) is 3.23. The topological polar surface area (TPSA) is 75.4 Å². The van der Waals surface area contributed by atoms with Crippen molar-refractivity contribution in [3.05, 3.63) is 29.7 Å². The van der Waals surface area contributed by atoms with E-state index in [-0.39, 0.29) is 17.9 Å². The van der Waals surface area contributed by atoms with Gasteiger partial charge in [-0.2, -0.15) is 0 Å². The van der Waals surface area contributed by atoms with Crippen LogP contribution in [0.2, 0.25) is 0 Å². The van der Waals surface area contributed by atoms with Crippen molar-refractivity contribution in [1.29, 1.82) is 0 Å². The minimum Gasteiger partial charge on any atom is -0.361 e. The highest BCUT2D eigenvalue weighted by molar-refractivity contribution is 5.96. The van der Waals surface area contributed by atoms with Crippen LogP contribution in [-0.4, -0.2) is 41.0 Å². The summed E-state index contributed by atoms with van der Waals surface area (Å²) in [5, 5.41) is 7.08. The fourth-order valence-corrected chi connectivity index (χ4v) is 3.82. The molecule has 3 rings (SSSR count). The summed E-state index contributed by atoms with van der Waals surface area (Å²) in [4.78, 5) is 26.4. The Hall–Kier alpha value is -2.11. The van der Waals surface area contributed by atoms with E-state index in [1.54, 1.807) is 6.92 Å². The van der Waals surface area contributed by atoms with E-state index in [4.69, 9.17) is 4.52 Å². The molecule has 1 N–H and O–H groups in total. The summed E-state index contributed by atoms with van der Waals surface area (Å²) in [6.45, 7) is 6.50. The Balaban J connectivity index is 1.75. The standard InChI is InChI=1S/C18H25N3O3/c1-3-15(22)19-14-9-6-10-21(11-14)18(23)16-12(2)24-20-17(16)13-7-4-5-8-13/h3,13-14H,1,4-11H2,2H3,(H,19,22)/t14-/m1/s1. The van der Waals surface area contributed by atoms with Crippen molar-refractivity contribution >= 4 is 11.8 Å². The van der Waals surface area contributed by atoms with Crippen LogP contribution in [0.4, 0.5) is 0 Å². The Kier molecular flexibility index (Phi) is 5.02. The summed E-state index contributed by atoms with van der Waals surface area (Å²) < 4.78 is 5.35. The van der Waals surface area contributed by atoms with Crippen LogP contribution in [-0.2, 0) is 4.79 Å². The number of hydrogen-bond donors (Lipinski definition) is 1. The van der Waals surface area contributed by atoms with Gasteiger partial charge in [-0.15, -0.1) is 0 Å². The highest BCUT2D eigenvalue weighted by Gasteiger charge is 2.33. The van der Waals surface area contributed by atoms with Gasteiger partial charge in [0.1, 0.15) is 11.3 Å². The zero-order chi connectivity index (χ0) is 17.1. The first-order valence-electron chi connectivity index (χ1n) is 8.78. The Morgan fingerprint density at radius 1 is 1.29 bits per heavy atom. The number of nitrogens with zero attached hydrogens (tertiary/aromatic N) is 2. The Morgan fingerprint density at radius 2 is 2.04 bits per heavy atom. The molecule has 0 unspecified atom stereocenters. The molecule has 0 spiro atoms. The number of hydrogen-bond acceptors (Lipinski definition) is 4. The number of carbonyl (C=O) groups is 2. The van der Waals surface area contributed by atoms with Gasteiger partial charge in [-0.3, -0.25) is 9.59 Å². The molecular weight excluding hydrogens is 306 g/mol. The van der Waals surface area contributed by atoms with Crippen LogP contribution in [0, 0.1) is 6.92 Å². The summed E-state index contributed by atoms with van der Waals surface area (Å²) in [6, 6.07) is -0.0247. The van der Waals surface area contributed by atoms with E-state index in [9.17, 15) is 9.59 Å². The smallest absolute Gasteiger partial charge is 0.259 e. The largest absolute Gasteiger partial charge is 0.361 e. The van der Waals surface area contributed by atoms with Crippen molar-refractivity contribution in [2.75, 3.05) is 13.1 Å². The number of nitrogens with one attached hydrogen (secondary N) is 1. The quantitative estimate of drug-likeness (QED) is 0.860. The molecule has 1 atom stereocenters. The van der Waals surface area contributed by atoms with E-state index in [1.807, 2.05) is 4.90 Å². The van der Waals surface area contributed by atoms with Crippen LogP contribution in [0.5, 0.6) is 0 Å². The molecule has 0 aromatic carbocycles. The van der Waals surface area contributed by atoms with E-state index in [2.05, 4.69) is 17.1 Å². The normalized spacial score (nSPS) is 21.7. The predicted octanol–water partition coefficient (Wildman–Crippen LogP) is 2.55. The van der Waals surface area contributed by atoms with Crippen molar-refractivity contribution in [1.82, 2.24) is 15.4 Å². The molecule has 24 heavy (non-hydrogen) atoms. The maximum absolute atomic E-state index is 13.1. The average molecular weight is 331 g/mol. The summed E-state index contributed by atoms with van der Waals surface area (Å²) in [5.74, 6) is 0.719. The van der Waals surface area contributed by atoms with Gasteiger partial charge in [-0.1, -0.05) is 24.6 Å². The Morgan fingerprint density at radius 3 is 2.75 bits per heavy atom. The number of aryl methyl sites for hydroxylation is 1. The molecule has 0 radical (unpaired) electrons. The zero-order valence-corrected chi connectivity index (χ0v) is 14.2. The van der Waals surface area contributed by atoms with Gasteiger partial charge in [0, 0.05) is 25.0 Å². The first kappa shape index (κ1) is 16.7. The van der Waals surface area contributed by atoms with Crippen LogP contribution < -0.4 is 5.32 Å². The van der Waals surface area contributed by atoms with Crippen molar-refractivity contribution in [3.63, 3.8) is 0 Å². The maximum atomic E-state index is 13.1. The fourth-order valence-electron chi connectivity index (χ4n) is 3.82. The van der Waals surface area contributed by atoms with Gasteiger partial charge < -0.3 is 14.7 Å². The van der Waals surface area contributed by atoms with E-state index < -0.39 is 0 Å². The van der Waals surface area contributed by atoms with Crippen LogP contribution in [0.15, 0.2) is 17.2 Å². The van der Waals surface area contributed by atoms with E-state index in [0.29, 0.717) is 30.3 Å². The molecule has 1 aromatic rings. The Labute approximate surface area is 142 Å². The molecule has 2 fully saturated rings. The van der Waals surface area contributed by atoms with E-state index in [1.165, 1.54) is 18.9 Å². The van der Waals surface area contributed by atoms with Gasteiger partial charge in [-0.25, -0.2) is 0 Å². The van der Waals surface area contributed by atoms with Gasteiger partial charge in [0.25, 0.3) is 5.91 Å². The number of aromatic nitrogens is 1. The fraction of sp³-hybridized carbons (Fsp3) is 0.611. The summed E-state index contributed by atoms with van der Waals surface area (Å²) >= 11 is 0. The van der Waals surface area contributed by atoms with Crippen LogP contribution in [0.1, 0.15) is 66.3 Å². The molecule has 1 aromatic heterocycles. The van der Waals surface area contributed by atoms with Gasteiger partial charge in [0.05, 0.1) is 5.69 Å². The second-order valence-corrected chi connectivity index (χ2v) is 6.78. The summed E-state index contributed by atoms with van der Waals surface area (Å²) in [6.07, 6.45) is 7.53. The first-order chi connectivity index (χ1) is 11.6. The Bertz CT molecular complexity index is 631. The number of amides is 2. The third-order valence-electron chi connectivity index (χ3n) is 5.09. The lowest BCUT2D eigenvalue weighted by Crippen LogP contribution is -2.49. The number of piperidine rings is 1. The molecule has 1 saturated heterocycles. The lowest BCUT2D eigenvalue weighted by Gasteiger charge is -2.33. The second kappa shape index (κ2) is 7.20. The molecular formula is C18H25N3O3. The van der Waals surface area contributed by atoms with Crippen LogP contribution in [0.25, 0.3) is 0 Å². The summed E-state index contributed by atoms with van der Waals surface area (Å²) in [5.41, 5.74) is 1.46. The number of carbonyl (C=O) groups excluding carboxylic acids is 2. The molecule has 0 bridgehead atoms. The highest BCUT2D eigenvalue weighted by atomic mass is 16.5. The minimum absolute atomic E-state index is 0.0202. The molecule has 1 aliphatic carbocycles. The molecule has 130 valence electrons. The SMILES string of the molecule is C=CC(=O)N[C@@H]1CCCN(C(=O)c2c(C3CCCC3)noc2C)C1. The highest BCUT2D eigenvalue weighted by Crippen LogP contribution is 2.36. The molecule has 2 heterocycles. The van der Waals surface area contributed by atoms with Gasteiger partial charge in [0.15, 0.2) is 0 Å². The lowest BCUT2D eigenvalue weighted by molar-refractivity contribution is -0.117. The van der Waals surface area contributed by atoms with Crippen molar-refractivity contribution in [2.24, 2.45) is 0 Å². The van der Waals surface area contributed by atoms with E-state index in [0.717, 1.165) is 31.4 Å². The minimum atomic E-state index is -0.192. The van der Waals surface area contributed by atoms with Crippen LogP contribution >= 0.6 is 0 Å². The van der Waals surface area contributed by atoms with Gasteiger partial charge in [0.2, 0.25) is 5.91 Å². The van der Waals surface area contributed by atoms with Crippen molar-refractivity contribution < 1.29 is 14.1 Å². The van der Waals surface area contributed by atoms with Crippen LogP contribution in [0.3, 0.4) is 0 Å². The monoisotopic (exact) mass is 331 g/mol. The first-order valence-corrected chi connectivity index (χ1v) is 8.78. The molecule has 1 saturated carbocycles. The zero-order valence-electron chi connectivity index (χ0n) is 14.2. The molecule has 2 amide bonds. The van der Waals surface area contributed by atoms with E-state index >= 15 is 0 Å². The van der Waals surface area contributed by atoms with Crippen molar-refractivity contribution in [2.45, 2.75) is 57.4 Å². The predicted molar refractivity (Wildman–Crippen MR) is 89.7 cm³/mol. The van der Waals surface area contributed by atoms with Gasteiger partial charge in [-0.05, 0) is 38.7 Å². The number of likely N-dealkylation sites (tertiary alicyclic amines) is 1. The van der Waals surface area contributed by atoms with Crippen molar-refractivity contribution in [3.8, 4) is 0 Å². The molecule has 1 aliphatic heterocycles.